The van der Waals surface area contributed by atoms with Crippen molar-refractivity contribution in [2.24, 2.45) is 5.73 Å². The van der Waals surface area contributed by atoms with Gasteiger partial charge in [-0.1, -0.05) is 6.07 Å². The van der Waals surface area contributed by atoms with E-state index in [1.54, 1.807) is 18.5 Å². The third kappa shape index (κ3) is 1.99. The van der Waals surface area contributed by atoms with E-state index in [2.05, 4.69) is 9.97 Å². The maximum absolute atomic E-state index is 10.9. The van der Waals surface area contributed by atoms with Crippen LogP contribution in [0.15, 0.2) is 42.9 Å². The molecule has 0 unspecified atom stereocenters. The van der Waals surface area contributed by atoms with E-state index in [1.807, 2.05) is 18.2 Å². The van der Waals surface area contributed by atoms with Gasteiger partial charge in [0.25, 0.3) is 0 Å². The van der Waals surface area contributed by atoms with Crippen molar-refractivity contribution in [3.8, 4) is 11.3 Å². The van der Waals surface area contributed by atoms with E-state index in [9.17, 15) is 4.79 Å². The first-order chi connectivity index (χ1) is 7.27. The minimum absolute atomic E-state index is 0.387. The molecule has 0 bridgehead atoms. The molecule has 0 spiro atoms. The van der Waals surface area contributed by atoms with Gasteiger partial charge in [-0.2, -0.15) is 0 Å². The van der Waals surface area contributed by atoms with Crippen LogP contribution in [0.1, 0.15) is 10.4 Å². The van der Waals surface area contributed by atoms with Gasteiger partial charge in [0.2, 0.25) is 5.91 Å². The highest BCUT2D eigenvalue weighted by Gasteiger charge is 2.04. The molecule has 0 radical (unpaired) electrons. The smallest absolute Gasteiger partial charge is 0.250 e. The van der Waals surface area contributed by atoms with Crippen molar-refractivity contribution in [2.45, 2.75) is 0 Å². The highest BCUT2D eigenvalue weighted by molar-refractivity contribution is 5.93. The van der Waals surface area contributed by atoms with Gasteiger partial charge in [0.05, 0.1) is 11.3 Å². The molecule has 2 rings (SSSR count). The van der Waals surface area contributed by atoms with Crippen molar-refractivity contribution in [1.82, 2.24) is 9.97 Å². The fourth-order valence-corrected chi connectivity index (χ4v) is 1.25. The van der Waals surface area contributed by atoms with Gasteiger partial charge in [-0.25, -0.2) is 0 Å². The lowest BCUT2D eigenvalue weighted by atomic mass is 10.1. The van der Waals surface area contributed by atoms with Crippen molar-refractivity contribution in [2.75, 3.05) is 0 Å². The van der Waals surface area contributed by atoms with Crippen molar-refractivity contribution < 1.29 is 4.79 Å². The van der Waals surface area contributed by atoms with E-state index in [0.717, 1.165) is 11.3 Å². The zero-order chi connectivity index (χ0) is 10.7. The fourth-order valence-electron chi connectivity index (χ4n) is 1.25. The molecule has 0 aromatic carbocycles. The van der Waals surface area contributed by atoms with Gasteiger partial charge in [0.15, 0.2) is 0 Å². The number of carbonyl (C=O) groups excluding carboxylic acids is 1. The number of aromatic nitrogens is 2. The largest absolute Gasteiger partial charge is 0.366 e. The predicted molar refractivity (Wildman–Crippen MR) is 56.0 cm³/mol. The number of hydrogen-bond acceptors (Lipinski definition) is 3. The van der Waals surface area contributed by atoms with E-state index in [0.29, 0.717) is 5.56 Å². The molecule has 0 saturated carbocycles. The van der Waals surface area contributed by atoms with Crippen LogP contribution in [0.2, 0.25) is 0 Å². The van der Waals surface area contributed by atoms with Crippen molar-refractivity contribution in [1.29, 1.82) is 0 Å². The fraction of sp³-hybridized carbons (Fsp3) is 0. The molecule has 2 heterocycles. The first-order valence-electron chi connectivity index (χ1n) is 4.43. The number of nitrogens with zero attached hydrogens (tertiary/aromatic N) is 2. The lowest BCUT2D eigenvalue weighted by molar-refractivity contribution is 0.1000. The van der Waals surface area contributed by atoms with Gasteiger partial charge in [0.1, 0.15) is 0 Å². The average Bonchev–Trinajstić information content (AvgIpc) is 2.30. The van der Waals surface area contributed by atoms with Gasteiger partial charge in [-0.15, -0.1) is 0 Å². The molecule has 0 atom stereocenters. The zero-order valence-electron chi connectivity index (χ0n) is 7.92. The molecule has 0 aliphatic carbocycles. The number of hydrogen-bond donors (Lipinski definition) is 1. The summed E-state index contributed by atoms with van der Waals surface area (Å²) >= 11 is 0. The summed E-state index contributed by atoms with van der Waals surface area (Å²) in [4.78, 5) is 19.0. The standard InChI is InChI=1S/C11H9N3O/c12-11(15)9-5-8(6-13-7-9)10-3-1-2-4-14-10/h1-7H,(H2,12,15). The summed E-state index contributed by atoms with van der Waals surface area (Å²) in [6.45, 7) is 0. The van der Waals surface area contributed by atoms with Crippen molar-refractivity contribution in [3.63, 3.8) is 0 Å². The Morgan fingerprint density at radius 3 is 2.80 bits per heavy atom. The summed E-state index contributed by atoms with van der Waals surface area (Å²) in [6, 6.07) is 7.23. The Morgan fingerprint density at radius 2 is 2.13 bits per heavy atom. The molecule has 1 amide bonds. The van der Waals surface area contributed by atoms with E-state index < -0.39 is 5.91 Å². The molecule has 74 valence electrons. The number of primary amides is 1. The molecule has 0 aliphatic heterocycles. The van der Waals surface area contributed by atoms with Gasteiger partial charge in [-0.05, 0) is 18.2 Å². The van der Waals surface area contributed by atoms with Crippen LogP contribution in [0, 0.1) is 0 Å². The highest BCUT2D eigenvalue weighted by Crippen LogP contribution is 2.15. The minimum atomic E-state index is -0.486. The summed E-state index contributed by atoms with van der Waals surface area (Å²) in [7, 11) is 0. The Bertz CT molecular complexity index is 482. The molecule has 0 saturated heterocycles. The summed E-state index contributed by atoms with van der Waals surface area (Å²) in [6.07, 6.45) is 4.77. The average molecular weight is 199 g/mol. The monoisotopic (exact) mass is 199 g/mol. The van der Waals surface area contributed by atoms with Crippen LogP contribution < -0.4 is 5.73 Å². The molecule has 2 aromatic rings. The number of carbonyl (C=O) groups is 1. The first kappa shape index (κ1) is 9.33. The molecular weight excluding hydrogens is 190 g/mol. The van der Waals surface area contributed by atoms with Crippen LogP contribution in [0.5, 0.6) is 0 Å². The van der Waals surface area contributed by atoms with E-state index in [4.69, 9.17) is 5.73 Å². The Balaban J connectivity index is 2.46. The van der Waals surface area contributed by atoms with Gasteiger partial charge >= 0.3 is 0 Å². The number of amides is 1. The quantitative estimate of drug-likeness (QED) is 0.791. The Morgan fingerprint density at radius 1 is 1.27 bits per heavy atom. The summed E-state index contributed by atoms with van der Waals surface area (Å²) in [5.41, 5.74) is 7.10. The molecule has 2 N–H and O–H groups in total. The summed E-state index contributed by atoms with van der Waals surface area (Å²) in [5.74, 6) is -0.486. The highest BCUT2D eigenvalue weighted by atomic mass is 16.1. The predicted octanol–water partition coefficient (Wildman–Crippen LogP) is 1.24. The minimum Gasteiger partial charge on any atom is -0.366 e. The lowest BCUT2D eigenvalue weighted by Crippen LogP contribution is -2.11. The van der Waals surface area contributed by atoms with E-state index >= 15 is 0 Å². The van der Waals surface area contributed by atoms with E-state index in [1.165, 1.54) is 6.20 Å². The molecule has 4 nitrogen and oxygen atoms in total. The molecule has 0 aliphatic rings. The Labute approximate surface area is 86.8 Å². The van der Waals surface area contributed by atoms with Crippen LogP contribution in [-0.2, 0) is 0 Å². The number of nitrogens with two attached hydrogens (primary N) is 1. The summed E-state index contributed by atoms with van der Waals surface area (Å²) in [5, 5.41) is 0. The maximum atomic E-state index is 10.9. The Hall–Kier alpha value is -2.23. The second kappa shape index (κ2) is 3.88. The SMILES string of the molecule is NC(=O)c1cncc(-c2ccccn2)c1. The molecule has 0 fully saturated rings. The van der Waals surface area contributed by atoms with Crippen LogP contribution in [-0.4, -0.2) is 15.9 Å². The first-order valence-corrected chi connectivity index (χ1v) is 4.43. The molecule has 4 heteroatoms. The number of pyridine rings is 2. The van der Waals surface area contributed by atoms with Crippen LogP contribution in [0.25, 0.3) is 11.3 Å². The third-order valence-electron chi connectivity index (χ3n) is 1.98. The topological polar surface area (TPSA) is 68.9 Å². The van der Waals surface area contributed by atoms with Crippen molar-refractivity contribution >= 4 is 5.91 Å². The molecule has 15 heavy (non-hydrogen) atoms. The second-order valence-corrected chi connectivity index (χ2v) is 3.04. The van der Waals surface area contributed by atoms with E-state index in [-0.39, 0.29) is 0 Å². The summed E-state index contributed by atoms with van der Waals surface area (Å²) < 4.78 is 0. The normalized spacial score (nSPS) is 9.87. The van der Waals surface area contributed by atoms with Gasteiger partial charge in [0, 0.05) is 24.2 Å². The van der Waals surface area contributed by atoms with Crippen LogP contribution >= 0.6 is 0 Å². The maximum Gasteiger partial charge on any atom is 0.250 e. The van der Waals surface area contributed by atoms with Crippen LogP contribution in [0.4, 0.5) is 0 Å². The van der Waals surface area contributed by atoms with Gasteiger partial charge < -0.3 is 5.73 Å². The zero-order valence-corrected chi connectivity index (χ0v) is 7.92. The third-order valence-corrected chi connectivity index (χ3v) is 1.98. The lowest BCUT2D eigenvalue weighted by Gasteiger charge is -2.00. The second-order valence-electron chi connectivity index (χ2n) is 3.04. The molecule has 2 aromatic heterocycles. The molecular formula is C11H9N3O. The number of rotatable bonds is 2. The van der Waals surface area contributed by atoms with Crippen molar-refractivity contribution in [3.05, 3.63) is 48.4 Å². The van der Waals surface area contributed by atoms with Crippen LogP contribution in [0.3, 0.4) is 0 Å². The Kier molecular flexibility index (Phi) is 2.41. The van der Waals surface area contributed by atoms with Gasteiger partial charge in [-0.3, -0.25) is 14.8 Å².